The summed E-state index contributed by atoms with van der Waals surface area (Å²) < 4.78 is 15.6. The molecular formula is C22H27N3O5. The van der Waals surface area contributed by atoms with E-state index in [9.17, 15) is 9.90 Å². The van der Waals surface area contributed by atoms with Crippen LogP contribution in [0, 0.1) is 0 Å². The van der Waals surface area contributed by atoms with E-state index in [1.807, 2.05) is 42.5 Å². The summed E-state index contributed by atoms with van der Waals surface area (Å²) >= 11 is 0. The van der Waals surface area contributed by atoms with Crippen LogP contribution in [0.3, 0.4) is 0 Å². The minimum Gasteiger partial charge on any atom is -0.493 e. The maximum atomic E-state index is 11.9. The Morgan fingerprint density at radius 1 is 1.20 bits per heavy atom. The van der Waals surface area contributed by atoms with Crippen molar-refractivity contribution < 1.29 is 24.1 Å². The number of hydrogen-bond donors (Lipinski definition) is 2. The molecule has 8 heteroatoms. The Bertz CT molecular complexity index is 870. The first-order chi connectivity index (χ1) is 14.6. The van der Waals surface area contributed by atoms with Gasteiger partial charge in [-0.05, 0) is 48.0 Å². The van der Waals surface area contributed by atoms with Crippen LogP contribution in [0.1, 0.15) is 5.56 Å². The first-order valence-electron chi connectivity index (χ1n) is 9.72. The van der Waals surface area contributed by atoms with Crippen LogP contribution in [0.15, 0.2) is 47.5 Å². The summed E-state index contributed by atoms with van der Waals surface area (Å²) in [4.78, 5) is 17.9. The molecule has 0 aromatic heterocycles. The summed E-state index contributed by atoms with van der Waals surface area (Å²) in [5.41, 5.74) is 2.57. The molecule has 1 aliphatic heterocycles. The van der Waals surface area contributed by atoms with Crippen molar-refractivity contribution in [2.75, 3.05) is 57.3 Å². The number of carbonyl (C=O) groups is 1. The van der Waals surface area contributed by atoms with E-state index in [0.29, 0.717) is 31.2 Å². The highest BCUT2D eigenvalue weighted by Crippen LogP contribution is 2.26. The fourth-order valence-corrected chi connectivity index (χ4v) is 3.06. The van der Waals surface area contributed by atoms with E-state index in [4.69, 9.17) is 14.2 Å². The van der Waals surface area contributed by atoms with Crippen molar-refractivity contribution in [3.05, 3.63) is 48.0 Å². The van der Waals surface area contributed by atoms with Gasteiger partial charge < -0.3 is 29.5 Å². The van der Waals surface area contributed by atoms with Crippen LogP contribution in [-0.4, -0.2) is 70.4 Å². The van der Waals surface area contributed by atoms with Gasteiger partial charge in [0.1, 0.15) is 6.61 Å². The third kappa shape index (κ3) is 5.71. The van der Waals surface area contributed by atoms with Crippen molar-refractivity contribution >= 4 is 23.5 Å². The van der Waals surface area contributed by atoms with Gasteiger partial charge in [0.2, 0.25) is 0 Å². The molecule has 0 aliphatic carbocycles. The molecule has 160 valence electrons. The van der Waals surface area contributed by atoms with Crippen molar-refractivity contribution in [3.63, 3.8) is 0 Å². The van der Waals surface area contributed by atoms with E-state index in [1.54, 1.807) is 25.3 Å². The lowest BCUT2D eigenvalue weighted by Gasteiger charge is -2.27. The van der Waals surface area contributed by atoms with Gasteiger partial charge in [0, 0.05) is 30.7 Å². The standard InChI is InChI=1S/C22H27N3O5/c1-28-20-8-3-16(11-21(20)29-2)12-23-13-19(26)14-24-17-4-6-18(7-5-17)25-9-10-30-15-22(25)27/h3-8,11-12,19,24,26H,9-10,13-15H2,1-2H3/t19-/m0/s1. The molecule has 1 heterocycles. The Morgan fingerprint density at radius 2 is 1.97 bits per heavy atom. The van der Waals surface area contributed by atoms with Crippen LogP contribution < -0.4 is 19.7 Å². The molecule has 1 amide bonds. The second kappa shape index (κ2) is 10.6. The number of aliphatic hydroxyl groups excluding tert-OH is 1. The molecule has 1 aliphatic rings. The van der Waals surface area contributed by atoms with Gasteiger partial charge in [0.15, 0.2) is 11.5 Å². The van der Waals surface area contributed by atoms with Crippen LogP contribution >= 0.6 is 0 Å². The molecule has 1 fully saturated rings. The number of hydrogen-bond acceptors (Lipinski definition) is 7. The molecule has 30 heavy (non-hydrogen) atoms. The van der Waals surface area contributed by atoms with Gasteiger partial charge >= 0.3 is 0 Å². The second-order valence-electron chi connectivity index (χ2n) is 6.79. The Morgan fingerprint density at radius 3 is 2.67 bits per heavy atom. The molecule has 0 radical (unpaired) electrons. The lowest BCUT2D eigenvalue weighted by molar-refractivity contribution is -0.125. The predicted octanol–water partition coefficient (Wildman–Crippen LogP) is 1.96. The number of anilines is 2. The number of nitrogens with one attached hydrogen (secondary N) is 1. The number of carbonyl (C=O) groups excluding carboxylic acids is 1. The monoisotopic (exact) mass is 413 g/mol. The zero-order chi connectivity index (χ0) is 21.3. The van der Waals surface area contributed by atoms with E-state index in [-0.39, 0.29) is 19.1 Å². The van der Waals surface area contributed by atoms with Crippen molar-refractivity contribution in [2.45, 2.75) is 6.10 Å². The third-order valence-electron chi connectivity index (χ3n) is 4.67. The van der Waals surface area contributed by atoms with Crippen LogP contribution in [-0.2, 0) is 9.53 Å². The van der Waals surface area contributed by atoms with Gasteiger partial charge in [-0.2, -0.15) is 0 Å². The Balaban J connectivity index is 1.47. The lowest BCUT2D eigenvalue weighted by atomic mass is 10.2. The molecule has 1 saturated heterocycles. The molecule has 0 spiro atoms. The number of aliphatic hydroxyl groups is 1. The second-order valence-corrected chi connectivity index (χ2v) is 6.79. The van der Waals surface area contributed by atoms with E-state index in [2.05, 4.69) is 10.3 Å². The van der Waals surface area contributed by atoms with Crippen LogP contribution in [0.2, 0.25) is 0 Å². The molecule has 2 aromatic carbocycles. The fourth-order valence-electron chi connectivity index (χ4n) is 3.06. The van der Waals surface area contributed by atoms with Gasteiger partial charge in [-0.25, -0.2) is 0 Å². The van der Waals surface area contributed by atoms with E-state index in [0.717, 1.165) is 16.9 Å². The molecule has 2 aromatic rings. The van der Waals surface area contributed by atoms with Gasteiger partial charge in [0.05, 0.1) is 33.5 Å². The number of methoxy groups -OCH3 is 2. The summed E-state index contributed by atoms with van der Waals surface area (Å²) in [6.45, 7) is 1.85. The molecule has 0 bridgehead atoms. The van der Waals surface area contributed by atoms with Gasteiger partial charge in [-0.1, -0.05) is 0 Å². The summed E-state index contributed by atoms with van der Waals surface area (Å²) in [5.74, 6) is 1.25. The number of benzene rings is 2. The number of rotatable bonds is 9. The first kappa shape index (κ1) is 21.6. The molecule has 0 unspecified atom stereocenters. The predicted molar refractivity (Wildman–Crippen MR) is 116 cm³/mol. The highest BCUT2D eigenvalue weighted by molar-refractivity contribution is 5.95. The molecular weight excluding hydrogens is 386 g/mol. The van der Waals surface area contributed by atoms with Crippen molar-refractivity contribution in [3.8, 4) is 11.5 Å². The molecule has 3 rings (SSSR count). The van der Waals surface area contributed by atoms with E-state index < -0.39 is 6.10 Å². The van der Waals surface area contributed by atoms with Gasteiger partial charge in [-0.3, -0.25) is 9.79 Å². The number of aliphatic imine (C=N–C) groups is 1. The highest BCUT2D eigenvalue weighted by atomic mass is 16.5. The van der Waals surface area contributed by atoms with Crippen molar-refractivity contribution in [1.82, 2.24) is 0 Å². The van der Waals surface area contributed by atoms with Crippen molar-refractivity contribution in [2.24, 2.45) is 4.99 Å². The number of ether oxygens (including phenoxy) is 3. The van der Waals surface area contributed by atoms with Crippen LogP contribution in [0.5, 0.6) is 11.5 Å². The largest absolute Gasteiger partial charge is 0.493 e. The average Bonchev–Trinajstić information content (AvgIpc) is 2.78. The quantitative estimate of drug-likeness (QED) is 0.611. The Hall–Kier alpha value is -3.10. The van der Waals surface area contributed by atoms with Gasteiger partial charge in [-0.15, -0.1) is 0 Å². The van der Waals surface area contributed by atoms with Crippen molar-refractivity contribution in [1.29, 1.82) is 0 Å². The van der Waals surface area contributed by atoms with Crippen LogP contribution in [0.25, 0.3) is 0 Å². The maximum Gasteiger partial charge on any atom is 0.253 e. The number of morpholine rings is 1. The summed E-state index contributed by atoms with van der Waals surface area (Å²) in [7, 11) is 3.17. The molecule has 8 nitrogen and oxygen atoms in total. The summed E-state index contributed by atoms with van der Waals surface area (Å²) in [6.07, 6.45) is 1.06. The summed E-state index contributed by atoms with van der Waals surface area (Å²) in [6, 6.07) is 13.0. The fraction of sp³-hybridized carbons (Fsp3) is 0.364. The van der Waals surface area contributed by atoms with Crippen LogP contribution in [0.4, 0.5) is 11.4 Å². The number of nitrogens with zero attached hydrogens (tertiary/aromatic N) is 2. The highest BCUT2D eigenvalue weighted by Gasteiger charge is 2.19. The minimum absolute atomic E-state index is 0.0373. The zero-order valence-electron chi connectivity index (χ0n) is 17.2. The first-order valence-corrected chi connectivity index (χ1v) is 9.72. The summed E-state index contributed by atoms with van der Waals surface area (Å²) in [5, 5.41) is 13.4. The SMILES string of the molecule is COc1ccc(C=NC[C@H](O)CNc2ccc(N3CCOCC3=O)cc2)cc1OC. The Kier molecular flexibility index (Phi) is 7.64. The number of amides is 1. The Labute approximate surface area is 176 Å². The average molecular weight is 413 g/mol. The normalized spacial score (nSPS) is 15.3. The lowest BCUT2D eigenvalue weighted by Crippen LogP contribution is -2.41. The van der Waals surface area contributed by atoms with E-state index >= 15 is 0 Å². The maximum absolute atomic E-state index is 11.9. The minimum atomic E-state index is -0.637. The van der Waals surface area contributed by atoms with Gasteiger partial charge in [0.25, 0.3) is 5.91 Å². The molecule has 1 atom stereocenters. The smallest absolute Gasteiger partial charge is 0.253 e. The molecule has 0 saturated carbocycles. The van der Waals surface area contributed by atoms with E-state index in [1.165, 1.54) is 0 Å². The zero-order valence-corrected chi connectivity index (χ0v) is 17.2. The molecule has 2 N–H and O–H groups in total. The topological polar surface area (TPSA) is 92.6 Å². The third-order valence-corrected chi connectivity index (χ3v) is 4.67.